The third-order valence-corrected chi connectivity index (χ3v) is 2.42. The van der Waals surface area contributed by atoms with Crippen molar-refractivity contribution in [2.45, 2.75) is 25.9 Å². The number of nitrogens with zero attached hydrogens (tertiary/aromatic N) is 1. The highest BCUT2D eigenvalue weighted by Crippen LogP contribution is 2.40. The van der Waals surface area contributed by atoms with E-state index < -0.39 is 42.0 Å². The molecule has 0 unspecified atom stereocenters. The number of pyridine rings is 1. The third kappa shape index (κ3) is 4.27. The molecule has 0 spiro atoms. The number of carbonyl (C=O) groups is 1. The van der Waals surface area contributed by atoms with Gasteiger partial charge in [-0.25, -0.2) is 13.8 Å². The minimum atomic E-state index is -5.02. The molecule has 0 aromatic carbocycles. The zero-order valence-electron chi connectivity index (χ0n) is 11.1. The maximum atomic E-state index is 12.9. The van der Waals surface area contributed by atoms with Crippen LogP contribution >= 0.6 is 0 Å². The van der Waals surface area contributed by atoms with Crippen LogP contribution in [0.4, 0.5) is 22.0 Å². The highest BCUT2D eigenvalue weighted by molar-refractivity contribution is 5.72. The van der Waals surface area contributed by atoms with Crippen LogP contribution in [-0.4, -0.2) is 24.7 Å². The number of halogens is 5. The van der Waals surface area contributed by atoms with E-state index in [9.17, 15) is 26.7 Å². The molecule has 9 heteroatoms. The van der Waals surface area contributed by atoms with E-state index in [1.54, 1.807) is 0 Å². The van der Waals surface area contributed by atoms with Crippen LogP contribution in [0.1, 0.15) is 30.2 Å². The van der Waals surface area contributed by atoms with Crippen LogP contribution in [0.5, 0.6) is 5.88 Å². The number of aromatic nitrogens is 1. The molecule has 0 atom stereocenters. The molecule has 1 rings (SSSR count). The van der Waals surface area contributed by atoms with E-state index in [1.165, 1.54) is 6.92 Å². The molecule has 1 heterocycles. The Hall–Kier alpha value is -1.93. The van der Waals surface area contributed by atoms with Crippen molar-refractivity contribution in [3.63, 3.8) is 0 Å². The van der Waals surface area contributed by atoms with Crippen LogP contribution in [0, 0.1) is 0 Å². The molecule has 0 radical (unpaired) electrons. The maximum absolute atomic E-state index is 12.9. The van der Waals surface area contributed by atoms with E-state index in [1.807, 2.05) is 0 Å². The van der Waals surface area contributed by atoms with Crippen LogP contribution in [-0.2, 0) is 22.1 Å². The first-order valence-electron chi connectivity index (χ1n) is 5.79. The van der Waals surface area contributed by atoms with E-state index >= 15 is 0 Å². The zero-order valence-corrected chi connectivity index (χ0v) is 11.1. The third-order valence-electron chi connectivity index (χ3n) is 2.42. The fourth-order valence-corrected chi connectivity index (χ4v) is 1.63. The quantitative estimate of drug-likeness (QED) is 0.619. The van der Waals surface area contributed by atoms with Crippen LogP contribution in [0.2, 0.25) is 0 Å². The molecule has 0 saturated carbocycles. The number of rotatable bonds is 5. The topological polar surface area (TPSA) is 48.4 Å². The molecule has 118 valence electrons. The van der Waals surface area contributed by atoms with Gasteiger partial charge in [-0.3, -0.25) is 4.79 Å². The number of carbonyl (C=O) groups excluding carboxylic acids is 1. The summed E-state index contributed by atoms with van der Waals surface area (Å²) in [6.45, 7) is 1.56. The summed E-state index contributed by atoms with van der Waals surface area (Å²) in [6, 6.07) is 0.404. The molecule has 1 aromatic heterocycles. The van der Waals surface area contributed by atoms with Crippen molar-refractivity contribution in [1.29, 1.82) is 0 Å². The second-order valence-corrected chi connectivity index (χ2v) is 3.86. The van der Waals surface area contributed by atoms with Gasteiger partial charge in [0.1, 0.15) is 0 Å². The number of alkyl halides is 5. The lowest BCUT2D eigenvalue weighted by molar-refractivity contribution is -0.143. The Morgan fingerprint density at radius 1 is 1.38 bits per heavy atom. The Morgan fingerprint density at radius 2 is 2.00 bits per heavy atom. The Morgan fingerprint density at radius 3 is 2.43 bits per heavy atom. The molecule has 0 fully saturated rings. The van der Waals surface area contributed by atoms with Gasteiger partial charge in [-0.15, -0.1) is 0 Å². The lowest BCUT2D eigenvalue weighted by Crippen LogP contribution is -2.15. The van der Waals surface area contributed by atoms with Crippen LogP contribution in [0.25, 0.3) is 0 Å². The van der Waals surface area contributed by atoms with Crippen LogP contribution in [0.15, 0.2) is 6.07 Å². The van der Waals surface area contributed by atoms with E-state index in [0.29, 0.717) is 6.07 Å². The van der Waals surface area contributed by atoms with Crippen molar-refractivity contribution < 1.29 is 36.2 Å². The van der Waals surface area contributed by atoms with Gasteiger partial charge in [0.05, 0.1) is 37.0 Å². The molecule has 0 aliphatic heterocycles. The predicted molar refractivity (Wildman–Crippen MR) is 61.1 cm³/mol. The monoisotopic (exact) mass is 313 g/mol. The number of ether oxygens (including phenoxy) is 2. The Kier molecular flexibility index (Phi) is 5.45. The summed E-state index contributed by atoms with van der Waals surface area (Å²) >= 11 is 0. The lowest BCUT2D eigenvalue weighted by Gasteiger charge is -2.16. The maximum Gasteiger partial charge on any atom is 0.417 e. The highest BCUT2D eigenvalue weighted by Gasteiger charge is 2.39. The van der Waals surface area contributed by atoms with E-state index in [2.05, 4.69) is 14.5 Å². The lowest BCUT2D eigenvalue weighted by atomic mass is 10.1. The molecular weight excluding hydrogens is 301 g/mol. The minimum Gasteiger partial charge on any atom is -0.481 e. The first kappa shape index (κ1) is 17.1. The molecule has 0 aliphatic carbocycles. The molecular formula is C12H12F5NO3. The van der Waals surface area contributed by atoms with Crippen molar-refractivity contribution >= 4 is 5.97 Å². The summed E-state index contributed by atoms with van der Waals surface area (Å²) in [5.41, 5.74) is -3.29. The van der Waals surface area contributed by atoms with Crippen molar-refractivity contribution in [1.82, 2.24) is 4.98 Å². The van der Waals surface area contributed by atoms with E-state index in [-0.39, 0.29) is 12.3 Å². The molecule has 21 heavy (non-hydrogen) atoms. The average molecular weight is 313 g/mol. The van der Waals surface area contributed by atoms with Crippen LogP contribution in [0.3, 0.4) is 0 Å². The Balaban J connectivity index is 3.34. The van der Waals surface area contributed by atoms with Crippen molar-refractivity contribution in [2.75, 3.05) is 13.7 Å². The standard InChI is InChI=1S/C12H12F5NO3/c1-3-21-8(19)5-6-4-7(12(15,16)17)9(10(13)14)11(18-6)20-2/h4,10H,3,5H2,1-2H3. The molecule has 0 amide bonds. The molecule has 0 bridgehead atoms. The molecule has 0 saturated heterocycles. The smallest absolute Gasteiger partial charge is 0.417 e. The second kappa shape index (κ2) is 6.68. The van der Waals surface area contributed by atoms with Gasteiger partial charge in [-0.05, 0) is 13.0 Å². The first-order valence-corrected chi connectivity index (χ1v) is 5.79. The van der Waals surface area contributed by atoms with Crippen molar-refractivity contribution in [2.24, 2.45) is 0 Å². The number of esters is 1. The fraction of sp³-hybridized carbons (Fsp3) is 0.500. The average Bonchev–Trinajstić information content (AvgIpc) is 2.36. The van der Waals surface area contributed by atoms with Gasteiger partial charge in [0, 0.05) is 0 Å². The highest BCUT2D eigenvalue weighted by atomic mass is 19.4. The Bertz CT molecular complexity index is 516. The van der Waals surface area contributed by atoms with Crippen LogP contribution < -0.4 is 4.74 Å². The summed E-state index contributed by atoms with van der Waals surface area (Å²) in [6.07, 6.45) is -9.01. The van der Waals surface area contributed by atoms with Gasteiger partial charge in [-0.1, -0.05) is 0 Å². The van der Waals surface area contributed by atoms with Gasteiger partial charge in [-0.2, -0.15) is 13.2 Å². The minimum absolute atomic E-state index is 0.0389. The fourth-order valence-electron chi connectivity index (χ4n) is 1.63. The van der Waals surface area contributed by atoms with Gasteiger partial charge >= 0.3 is 12.1 Å². The molecule has 0 aliphatic rings. The van der Waals surface area contributed by atoms with Gasteiger partial charge in [0.15, 0.2) is 0 Å². The summed E-state index contributed by atoms with van der Waals surface area (Å²) in [5, 5.41) is 0. The molecule has 0 N–H and O–H groups in total. The summed E-state index contributed by atoms with van der Waals surface area (Å²) in [4.78, 5) is 14.8. The Labute approximate surface area is 116 Å². The number of hydrogen-bond acceptors (Lipinski definition) is 4. The largest absolute Gasteiger partial charge is 0.481 e. The van der Waals surface area contributed by atoms with Gasteiger partial charge < -0.3 is 9.47 Å². The summed E-state index contributed by atoms with van der Waals surface area (Å²) in [5.74, 6) is -1.68. The SMILES string of the molecule is CCOC(=O)Cc1cc(C(F)(F)F)c(C(F)F)c(OC)n1. The number of methoxy groups -OCH3 is 1. The number of hydrogen-bond donors (Lipinski definition) is 0. The summed E-state index contributed by atoms with van der Waals surface area (Å²) in [7, 11) is 0.919. The predicted octanol–water partition coefficient (Wildman–Crippen LogP) is 3.15. The summed E-state index contributed by atoms with van der Waals surface area (Å²) < 4.78 is 73.2. The van der Waals surface area contributed by atoms with Gasteiger partial charge in [0.25, 0.3) is 6.43 Å². The first-order chi connectivity index (χ1) is 9.70. The normalized spacial score (nSPS) is 11.6. The second-order valence-electron chi connectivity index (χ2n) is 3.86. The molecule has 1 aromatic rings. The van der Waals surface area contributed by atoms with Crippen molar-refractivity contribution in [3.05, 3.63) is 22.9 Å². The van der Waals surface area contributed by atoms with Gasteiger partial charge in [0.2, 0.25) is 5.88 Å². The van der Waals surface area contributed by atoms with E-state index in [0.717, 1.165) is 7.11 Å². The van der Waals surface area contributed by atoms with E-state index in [4.69, 9.17) is 0 Å². The molecule has 4 nitrogen and oxygen atoms in total. The van der Waals surface area contributed by atoms with Crippen molar-refractivity contribution in [3.8, 4) is 5.88 Å². The zero-order chi connectivity index (χ0) is 16.2.